The first-order valence-electron chi connectivity index (χ1n) is 3.16. The van der Waals surface area contributed by atoms with E-state index < -0.39 is 0 Å². The quantitative estimate of drug-likeness (QED) is 0.482. The van der Waals surface area contributed by atoms with Gasteiger partial charge in [0.25, 0.3) is 0 Å². The lowest BCUT2D eigenvalue weighted by Crippen LogP contribution is -2.36. The molecule has 2 atom stereocenters. The molecule has 2 nitrogen and oxygen atoms in total. The maximum absolute atomic E-state index is 5.48. The lowest BCUT2D eigenvalue weighted by molar-refractivity contribution is 0.00903. The zero-order chi connectivity index (χ0) is 5.61. The minimum atomic E-state index is 0.199. The molecule has 0 spiro atoms. The fraction of sp³-hybridized carbons (Fsp3) is 1.00. The van der Waals surface area contributed by atoms with Crippen molar-refractivity contribution in [2.45, 2.75) is 25.0 Å². The van der Waals surface area contributed by atoms with Crippen LogP contribution in [0, 0.1) is 0 Å². The molecule has 2 heterocycles. The number of ether oxygens (including phenoxy) is 1. The van der Waals surface area contributed by atoms with Gasteiger partial charge in [-0.1, -0.05) is 0 Å². The van der Waals surface area contributed by atoms with E-state index in [1.54, 1.807) is 0 Å². The molecule has 0 unspecified atom stereocenters. The molecule has 0 radical (unpaired) electrons. The average Bonchev–Trinajstić information content (AvgIpc) is 2.21. The molecule has 8 heavy (non-hydrogen) atoms. The number of rotatable bonds is 0. The van der Waals surface area contributed by atoms with Crippen LogP contribution in [0.5, 0.6) is 0 Å². The van der Waals surface area contributed by atoms with E-state index in [4.69, 9.17) is 4.74 Å². The van der Waals surface area contributed by atoms with E-state index in [1.165, 1.54) is 6.42 Å². The van der Waals surface area contributed by atoms with Crippen molar-refractivity contribution in [3.05, 3.63) is 0 Å². The first-order valence-corrected chi connectivity index (χ1v) is 3.16. The maximum atomic E-state index is 5.48. The molecule has 0 aromatic rings. The Morgan fingerprint density at radius 3 is 2.75 bits per heavy atom. The van der Waals surface area contributed by atoms with E-state index in [-0.39, 0.29) is 5.60 Å². The highest BCUT2D eigenvalue weighted by atomic mass is 16.5. The van der Waals surface area contributed by atoms with Gasteiger partial charge in [0.1, 0.15) is 0 Å². The van der Waals surface area contributed by atoms with Crippen molar-refractivity contribution in [1.82, 2.24) is 5.32 Å². The summed E-state index contributed by atoms with van der Waals surface area (Å²) in [5.41, 5.74) is 0.199. The average molecular weight is 113 g/mol. The third-order valence-electron chi connectivity index (χ3n) is 2.08. The second kappa shape index (κ2) is 1.25. The molecular formula is C6H11NO. The van der Waals surface area contributed by atoms with Crippen LogP contribution in [-0.4, -0.2) is 24.8 Å². The molecule has 0 aliphatic carbocycles. The number of hydrogen-bond acceptors (Lipinski definition) is 2. The van der Waals surface area contributed by atoms with Gasteiger partial charge in [-0.05, 0) is 13.3 Å². The zero-order valence-corrected chi connectivity index (χ0v) is 5.11. The van der Waals surface area contributed by atoms with Crippen molar-refractivity contribution in [2.75, 3.05) is 13.2 Å². The Balaban J connectivity index is 2.19. The summed E-state index contributed by atoms with van der Waals surface area (Å²) in [6, 6.07) is 0.667. The second-order valence-corrected chi connectivity index (χ2v) is 3.04. The zero-order valence-electron chi connectivity index (χ0n) is 5.11. The third kappa shape index (κ3) is 0.501. The largest absolute Gasteiger partial charge is 0.372 e. The molecule has 2 aliphatic rings. The summed E-state index contributed by atoms with van der Waals surface area (Å²) in [5, 5.41) is 3.37. The fourth-order valence-electron chi connectivity index (χ4n) is 1.56. The lowest BCUT2D eigenvalue weighted by Gasteiger charge is -2.20. The molecule has 1 N–H and O–H groups in total. The molecule has 2 rings (SSSR count). The smallest absolute Gasteiger partial charge is 0.0794 e. The van der Waals surface area contributed by atoms with Crippen molar-refractivity contribution in [1.29, 1.82) is 0 Å². The Kier molecular flexibility index (Phi) is 0.746. The van der Waals surface area contributed by atoms with Crippen LogP contribution in [0.3, 0.4) is 0 Å². The summed E-state index contributed by atoms with van der Waals surface area (Å²) in [6.45, 7) is 4.15. The van der Waals surface area contributed by atoms with Gasteiger partial charge in [0.2, 0.25) is 0 Å². The van der Waals surface area contributed by atoms with E-state index in [2.05, 4.69) is 12.2 Å². The van der Waals surface area contributed by atoms with Gasteiger partial charge in [-0.3, -0.25) is 0 Å². The Bertz CT molecular complexity index is 105. The summed E-state index contributed by atoms with van der Waals surface area (Å²) in [6.07, 6.45) is 1.22. The molecule has 2 aliphatic heterocycles. The summed E-state index contributed by atoms with van der Waals surface area (Å²) in [7, 11) is 0. The Labute approximate surface area is 49.2 Å². The SMILES string of the molecule is C[C@]12CN[C@H](CO1)C2. The van der Waals surface area contributed by atoms with Gasteiger partial charge in [-0.25, -0.2) is 0 Å². The van der Waals surface area contributed by atoms with Gasteiger partial charge < -0.3 is 10.1 Å². The second-order valence-electron chi connectivity index (χ2n) is 3.04. The Hall–Kier alpha value is -0.0800. The molecule has 0 aromatic carbocycles. The van der Waals surface area contributed by atoms with Gasteiger partial charge in [0.15, 0.2) is 0 Å². The minimum absolute atomic E-state index is 0.199. The van der Waals surface area contributed by atoms with Crippen molar-refractivity contribution in [3.8, 4) is 0 Å². The molecule has 2 saturated heterocycles. The monoisotopic (exact) mass is 113 g/mol. The summed E-state index contributed by atoms with van der Waals surface area (Å²) >= 11 is 0. The van der Waals surface area contributed by atoms with Gasteiger partial charge in [0.05, 0.1) is 12.2 Å². The van der Waals surface area contributed by atoms with Crippen LogP contribution in [-0.2, 0) is 4.74 Å². The third-order valence-corrected chi connectivity index (χ3v) is 2.08. The molecule has 2 fully saturated rings. The van der Waals surface area contributed by atoms with Crippen molar-refractivity contribution < 1.29 is 4.74 Å². The molecule has 0 saturated carbocycles. The first kappa shape index (κ1) is 4.77. The predicted octanol–water partition coefficient (Wildman–Crippen LogP) is 0.137. The highest BCUT2D eigenvalue weighted by Crippen LogP contribution is 2.29. The summed E-state index contributed by atoms with van der Waals surface area (Å²) < 4.78 is 5.48. The normalized spacial score (nSPS) is 52.9. The maximum Gasteiger partial charge on any atom is 0.0794 e. The van der Waals surface area contributed by atoms with E-state index in [0.29, 0.717) is 6.04 Å². The molecule has 0 aromatic heterocycles. The standard InChI is InChI=1S/C6H11NO/c1-6-2-5(3-8-6)7-4-6/h5,7H,2-4H2,1H3/t5-,6-/m0/s1. The van der Waals surface area contributed by atoms with Crippen molar-refractivity contribution >= 4 is 0 Å². The number of hydrogen-bond donors (Lipinski definition) is 1. The van der Waals surface area contributed by atoms with Crippen LogP contribution in [0.4, 0.5) is 0 Å². The highest BCUT2D eigenvalue weighted by Gasteiger charge is 2.41. The lowest BCUT2D eigenvalue weighted by atomic mass is 10.1. The van der Waals surface area contributed by atoms with Gasteiger partial charge >= 0.3 is 0 Å². The minimum Gasteiger partial charge on any atom is -0.372 e. The van der Waals surface area contributed by atoms with Crippen LogP contribution in [0.2, 0.25) is 0 Å². The van der Waals surface area contributed by atoms with E-state index >= 15 is 0 Å². The molecular weight excluding hydrogens is 102 g/mol. The van der Waals surface area contributed by atoms with Gasteiger partial charge in [-0.2, -0.15) is 0 Å². The van der Waals surface area contributed by atoms with E-state index in [0.717, 1.165) is 13.2 Å². The van der Waals surface area contributed by atoms with Crippen LogP contribution >= 0.6 is 0 Å². The fourth-order valence-corrected chi connectivity index (χ4v) is 1.56. The van der Waals surface area contributed by atoms with Crippen LogP contribution in [0.15, 0.2) is 0 Å². The van der Waals surface area contributed by atoms with Crippen LogP contribution in [0.25, 0.3) is 0 Å². The predicted molar refractivity (Wildman–Crippen MR) is 30.8 cm³/mol. The van der Waals surface area contributed by atoms with Crippen molar-refractivity contribution in [2.24, 2.45) is 0 Å². The van der Waals surface area contributed by atoms with Crippen LogP contribution < -0.4 is 5.32 Å². The summed E-state index contributed by atoms with van der Waals surface area (Å²) in [4.78, 5) is 0. The Morgan fingerprint density at radius 2 is 2.62 bits per heavy atom. The molecule has 2 bridgehead atoms. The molecule has 46 valence electrons. The molecule has 2 heteroatoms. The van der Waals surface area contributed by atoms with Crippen molar-refractivity contribution in [3.63, 3.8) is 0 Å². The number of morpholine rings is 1. The topological polar surface area (TPSA) is 21.3 Å². The van der Waals surface area contributed by atoms with Gasteiger partial charge in [0, 0.05) is 12.6 Å². The Morgan fingerprint density at radius 1 is 1.75 bits per heavy atom. The first-order chi connectivity index (χ1) is 3.79. The summed E-state index contributed by atoms with van der Waals surface area (Å²) in [5.74, 6) is 0. The van der Waals surface area contributed by atoms with Gasteiger partial charge in [-0.15, -0.1) is 0 Å². The molecule has 0 amide bonds. The van der Waals surface area contributed by atoms with E-state index in [1.807, 2.05) is 0 Å². The number of nitrogens with one attached hydrogen (secondary N) is 1. The number of fused-ring (bicyclic) bond motifs is 2. The van der Waals surface area contributed by atoms with Crippen LogP contribution in [0.1, 0.15) is 13.3 Å². The highest BCUT2D eigenvalue weighted by molar-refractivity contribution is 4.97. The van der Waals surface area contributed by atoms with E-state index in [9.17, 15) is 0 Å².